The van der Waals surface area contributed by atoms with E-state index in [1.807, 2.05) is 17.8 Å². The third-order valence-electron chi connectivity index (χ3n) is 5.17. The van der Waals surface area contributed by atoms with Gasteiger partial charge < -0.3 is 15.0 Å². The number of piperidine rings is 1. The quantitative estimate of drug-likeness (QED) is 0.851. The highest BCUT2D eigenvalue weighted by Crippen LogP contribution is 2.35. The van der Waals surface area contributed by atoms with Crippen molar-refractivity contribution in [3.8, 4) is 5.75 Å². The molecule has 1 N–H and O–H groups in total. The normalized spacial score (nSPS) is 22.6. The third kappa shape index (κ3) is 4.74. The molecule has 1 aromatic rings. The first-order chi connectivity index (χ1) is 12.3. The molecule has 0 radical (unpaired) electrons. The van der Waals surface area contributed by atoms with Crippen LogP contribution in [0.25, 0.3) is 0 Å². The van der Waals surface area contributed by atoms with E-state index in [1.165, 1.54) is 22.9 Å². The molecule has 0 atom stereocenters. The Balaban J connectivity index is 1.92. The van der Waals surface area contributed by atoms with Crippen LogP contribution >= 0.6 is 11.8 Å². The zero-order chi connectivity index (χ0) is 18.8. The molecule has 4 nitrogen and oxygen atoms in total. The minimum absolute atomic E-state index is 0.116. The fraction of sp³-hybridized carbons (Fsp3) is 0.667. The number of amidine groups is 1. The van der Waals surface area contributed by atoms with Crippen molar-refractivity contribution in [3.05, 3.63) is 29.8 Å². The summed E-state index contributed by atoms with van der Waals surface area (Å²) in [6, 6.07) is 8.84. The molecule has 0 bridgehead atoms. The Kier molecular flexibility index (Phi) is 5.88. The van der Waals surface area contributed by atoms with Gasteiger partial charge in [-0.3, -0.25) is 4.99 Å². The summed E-state index contributed by atoms with van der Waals surface area (Å²) < 4.78 is 5.62. The Morgan fingerprint density at radius 1 is 1.19 bits per heavy atom. The van der Waals surface area contributed by atoms with Crippen LogP contribution in [0.1, 0.15) is 52.5 Å². The lowest BCUT2D eigenvalue weighted by Crippen LogP contribution is -2.62. The number of benzene rings is 1. The lowest BCUT2D eigenvalue weighted by atomic mass is 9.79. The average Bonchev–Trinajstić information content (AvgIpc) is 2.58. The van der Waals surface area contributed by atoms with Crippen LogP contribution in [0.3, 0.4) is 0 Å². The van der Waals surface area contributed by atoms with Gasteiger partial charge in [-0.2, -0.15) is 0 Å². The summed E-state index contributed by atoms with van der Waals surface area (Å²) >= 11 is 1.91. The number of ether oxygens (including phenoxy) is 1. The fourth-order valence-electron chi connectivity index (χ4n) is 4.48. The van der Waals surface area contributed by atoms with E-state index in [0.29, 0.717) is 6.04 Å². The van der Waals surface area contributed by atoms with Gasteiger partial charge in [0.05, 0.1) is 7.11 Å². The highest BCUT2D eigenvalue weighted by atomic mass is 32.2. The van der Waals surface area contributed by atoms with Gasteiger partial charge in [-0.05, 0) is 53.0 Å². The van der Waals surface area contributed by atoms with Crippen molar-refractivity contribution < 1.29 is 4.74 Å². The first-order valence-electron chi connectivity index (χ1n) is 9.65. The van der Waals surface area contributed by atoms with Crippen molar-refractivity contribution in [2.24, 2.45) is 4.99 Å². The third-order valence-corrected chi connectivity index (χ3v) is 6.28. The average molecular weight is 376 g/mol. The zero-order valence-electron chi connectivity index (χ0n) is 16.8. The van der Waals surface area contributed by atoms with Crippen molar-refractivity contribution in [3.63, 3.8) is 0 Å². The lowest BCUT2D eigenvalue weighted by molar-refractivity contribution is 0.101. The standard InChI is InChI=1S/C21H33N3OS/c1-20(2)13-17(14-21(3,4)23-20)24(19-22-11-8-12-26-19)15-16-9-6-7-10-18(16)25-5/h6-7,9-10,17,23H,8,11-15H2,1-5H3. The van der Waals surface area contributed by atoms with Crippen LogP contribution in [-0.4, -0.2) is 46.6 Å². The summed E-state index contributed by atoms with van der Waals surface area (Å²) in [7, 11) is 1.76. The monoisotopic (exact) mass is 375 g/mol. The number of nitrogens with one attached hydrogen (secondary N) is 1. The Morgan fingerprint density at radius 3 is 2.50 bits per heavy atom. The van der Waals surface area contributed by atoms with E-state index in [9.17, 15) is 0 Å². The van der Waals surface area contributed by atoms with E-state index in [-0.39, 0.29) is 11.1 Å². The smallest absolute Gasteiger partial charge is 0.159 e. The van der Waals surface area contributed by atoms with Gasteiger partial charge in [0.1, 0.15) is 5.75 Å². The Labute approximate surface area is 162 Å². The van der Waals surface area contributed by atoms with Crippen LogP contribution in [0.5, 0.6) is 5.75 Å². The summed E-state index contributed by atoms with van der Waals surface area (Å²) in [5.41, 5.74) is 1.47. The van der Waals surface area contributed by atoms with Crippen molar-refractivity contribution in [2.75, 3.05) is 19.4 Å². The highest BCUT2D eigenvalue weighted by molar-refractivity contribution is 8.13. The van der Waals surface area contributed by atoms with E-state index in [4.69, 9.17) is 9.73 Å². The largest absolute Gasteiger partial charge is 0.496 e. The first-order valence-corrected chi connectivity index (χ1v) is 10.6. The van der Waals surface area contributed by atoms with Crippen molar-refractivity contribution in [1.82, 2.24) is 10.2 Å². The second-order valence-corrected chi connectivity index (χ2v) is 9.82. The number of hydrogen-bond donors (Lipinski definition) is 1. The number of nitrogens with zero attached hydrogens (tertiary/aromatic N) is 2. The Hall–Kier alpha value is -1.20. The second-order valence-electron chi connectivity index (χ2n) is 8.76. The minimum atomic E-state index is 0.116. The second kappa shape index (κ2) is 7.81. The van der Waals surface area contributed by atoms with Crippen molar-refractivity contribution >= 4 is 16.9 Å². The molecular weight excluding hydrogens is 342 g/mol. The molecule has 1 aromatic carbocycles. The predicted octanol–water partition coefficient (Wildman–Crippen LogP) is 4.30. The lowest BCUT2D eigenvalue weighted by Gasteiger charge is -2.50. The fourth-order valence-corrected chi connectivity index (χ4v) is 5.50. The Bertz CT molecular complexity index is 640. The number of para-hydroxylation sites is 1. The molecule has 2 aliphatic heterocycles. The molecule has 1 saturated heterocycles. The maximum atomic E-state index is 5.62. The van der Waals surface area contributed by atoms with Crippen LogP contribution in [0.2, 0.25) is 0 Å². The molecule has 0 aliphatic carbocycles. The molecule has 0 aromatic heterocycles. The summed E-state index contributed by atoms with van der Waals surface area (Å²) in [6.07, 6.45) is 3.41. The Morgan fingerprint density at radius 2 is 1.88 bits per heavy atom. The van der Waals surface area contributed by atoms with Crippen molar-refractivity contribution in [1.29, 1.82) is 0 Å². The molecule has 5 heteroatoms. The molecule has 144 valence electrons. The van der Waals surface area contributed by atoms with Crippen LogP contribution in [0.15, 0.2) is 29.3 Å². The van der Waals surface area contributed by atoms with E-state index >= 15 is 0 Å². The van der Waals surface area contributed by atoms with Gasteiger partial charge in [-0.25, -0.2) is 0 Å². The topological polar surface area (TPSA) is 36.9 Å². The molecule has 1 fully saturated rings. The molecule has 26 heavy (non-hydrogen) atoms. The molecule has 3 rings (SSSR count). The SMILES string of the molecule is COc1ccccc1CN(C1=NCCCS1)C1CC(C)(C)NC(C)(C)C1. The number of hydrogen-bond acceptors (Lipinski definition) is 5. The number of methoxy groups -OCH3 is 1. The van der Waals surface area contributed by atoms with Gasteiger partial charge >= 0.3 is 0 Å². The van der Waals surface area contributed by atoms with Gasteiger partial charge in [0.15, 0.2) is 5.17 Å². The zero-order valence-corrected chi connectivity index (χ0v) is 17.7. The molecule has 0 unspecified atom stereocenters. The number of aliphatic imine (C=N–C) groups is 1. The summed E-state index contributed by atoms with van der Waals surface area (Å²) in [5.74, 6) is 2.13. The molecular formula is C21H33N3OS. The van der Waals surface area contributed by atoms with Crippen LogP contribution in [0.4, 0.5) is 0 Å². The van der Waals surface area contributed by atoms with E-state index in [2.05, 4.69) is 56.1 Å². The van der Waals surface area contributed by atoms with Crippen LogP contribution in [-0.2, 0) is 6.54 Å². The van der Waals surface area contributed by atoms with E-state index in [1.54, 1.807) is 7.11 Å². The maximum Gasteiger partial charge on any atom is 0.159 e. The number of thioether (sulfide) groups is 1. The number of rotatable bonds is 4. The molecule has 2 heterocycles. The van der Waals surface area contributed by atoms with Crippen molar-refractivity contribution in [2.45, 2.75) is 70.6 Å². The molecule has 0 saturated carbocycles. The van der Waals surface area contributed by atoms with Gasteiger partial charge in [0.25, 0.3) is 0 Å². The van der Waals surface area contributed by atoms with Crippen LogP contribution < -0.4 is 10.1 Å². The van der Waals surface area contributed by atoms with Crippen LogP contribution in [0, 0.1) is 0 Å². The maximum absolute atomic E-state index is 5.62. The van der Waals surface area contributed by atoms with Gasteiger partial charge in [0.2, 0.25) is 0 Å². The molecule has 2 aliphatic rings. The highest BCUT2D eigenvalue weighted by Gasteiger charge is 2.41. The summed E-state index contributed by atoms with van der Waals surface area (Å²) in [4.78, 5) is 7.44. The van der Waals surface area contributed by atoms with E-state index in [0.717, 1.165) is 31.7 Å². The molecule has 0 amide bonds. The van der Waals surface area contributed by atoms with Gasteiger partial charge in [-0.15, -0.1) is 0 Å². The van der Waals surface area contributed by atoms with Gasteiger partial charge in [0, 0.05) is 41.5 Å². The first kappa shape index (κ1) is 19.6. The van der Waals surface area contributed by atoms with Gasteiger partial charge in [-0.1, -0.05) is 30.0 Å². The minimum Gasteiger partial charge on any atom is -0.496 e. The van der Waals surface area contributed by atoms with E-state index < -0.39 is 0 Å². The molecule has 0 spiro atoms. The summed E-state index contributed by atoms with van der Waals surface area (Å²) in [5, 5.41) is 5.02. The summed E-state index contributed by atoms with van der Waals surface area (Å²) in [6.45, 7) is 11.1. The predicted molar refractivity (Wildman–Crippen MR) is 112 cm³/mol.